The number of nitrogens with zero attached hydrogens (tertiary/aromatic N) is 1. The average Bonchev–Trinajstić information content (AvgIpc) is 2.46. The van der Waals surface area contributed by atoms with Gasteiger partial charge in [-0.2, -0.15) is 5.26 Å². The molecule has 20 heavy (non-hydrogen) atoms. The molecule has 2 nitrogen and oxygen atoms in total. The molecule has 0 spiro atoms. The van der Waals surface area contributed by atoms with Gasteiger partial charge in [0.05, 0.1) is 11.6 Å². The van der Waals surface area contributed by atoms with E-state index in [4.69, 9.17) is 10.00 Å². The molecule has 0 saturated carbocycles. The van der Waals surface area contributed by atoms with E-state index in [2.05, 4.69) is 45.0 Å². The van der Waals surface area contributed by atoms with E-state index in [9.17, 15) is 0 Å². The van der Waals surface area contributed by atoms with E-state index < -0.39 is 0 Å². The second-order valence-electron chi connectivity index (χ2n) is 5.28. The van der Waals surface area contributed by atoms with Crippen molar-refractivity contribution in [2.45, 2.75) is 33.3 Å². The van der Waals surface area contributed by atoms with Crippen LogP contribution in [0.4, 0.5) is 0 Å². The minimum Gasteiger partial charge on any atom is -0.489 e. The number of hydrogen-bond acceptors (Lipinski definition) is 2. The van der Waals surface area contributed by atoms with Crippen LogP contribution < -0.4 is 4.74 Å². The van der Waals surface area contributed by atoms with Crippen LogP contribution in [-0.2, 0) is 6.61 Å². The fourth-order valence-corrected chi connectivity index (χ4v) is 1.97. The molecular formula is C18H19NO. The molecule has 2 heteroatoms. The Labute approximate surface area is 120 Å². The predicted octanol–water partition coefficient (Wildman–Crippen LogP) is 4.57. The number of rotatable bonds is 4. The monoisotopic (exact) mass is 265 g/mol. The second-order valence-corrected chi connectivity index (χ2v) is 5.28. The molecule has 0 saturated heterocycles. The van der Waals surface area contributed by atoms with Crippen molar-refractivity contribution in [2.24, 2.45) is 0 Å². The quantitative estimate of drug-likeness (QED) is 0.811. The van der Waals surface area contributed by atoms with Crippen molar-refractivity contribution in [1.82, 2.24) is 0 Å². The van der Waals surface area contributed by atoms with Gasteiger partial charge < -0.3 is 4.74 Å². The third-order valence-corrected chi connectivity index (χ3v) is 3.36. The van der Waals surface area contributed by atoms with E-state index in [0.29, 0.717) is 18.1 Å². The Morgan fingerprint density at radius 1 is 1.10 bits per heavy atom. The molecule has 2 aromatic carbocycles. The summed E-state index contributed by atoms with van der Waals surface area (Å²) in [6, 6.07) is 16.0. The van der Waals surface area contributed by atoms with Crippen LogP contribution in [0.1, 0.15) is 42.0 Å². The minimum atomic E-state index is 0.493. The lowest BCUT2D eigenvalue weighted by molar-refractivity contribution is 0.303. The fraction of sp³-hybridized carbons (Fsp3) is 0.278. The Hall–Kier alpha value is -2.27. The van der Waals surface area contributed by atoms with Crippen molar-refractivity contribution >= 4 is 0 Å². The summed E-state index contributed by atoms with van der Waals surface area (Å²) < 4.78 is 5.90. The van der Waals surface area contributed by atoms with E-state index in [1.54, 1.807) is 0 Å². The van der Waals surface area contributed by atoms with Gasteiger partial charge in [-0.15, -0.1) is 0 Å². The highest BCUT2D eigenvalue weighted by Gasteiger charge is 2.05. The Morgan fingerprint density at radius 2 is 1.80 bits per heavy atom. The van der Waals surface area contributed by atoms with Crippen LogP contribution in [0.25, 0.3) is 0 Å². The Kier molecular flexibility index (Phi) is 4.42. The summed E-state index contributed by atoms with van der Waals surface area (Å²) in [5, 5.41) is 8.77. The first-order valence-corrected chi connectivity index (χ1v) is 6.82. The van der Waals surface area contributed by atoms with Crippen molar-refractivity contribution in [3.63, 3.8) is 0 Å². The molecular weight excluding hydrogens is 246 g/mol. The van der Waals surface area contributed by atoms with Gasteiger partial charge in [0.2, 0.25) is 0 Å². The first kappa shape index (κ1) is 14.1. The maximum absolute atomic E-state index is 8.77. The topological polar surface area (TPSA) is 33.0 Å². The summed E-state index contributed by atoms with van der Waals surface area (Å²) in [5.41, 5.74) is 4.17. The summed E-state index contributed by atoms with van der Waals surface area (Å²) >= 11 is 0. The van der Waals surface area contributed by atoms with Gasteiger partial charge in [-0.3, -0.25) is 0 Å². The lowest BCUT2D eigenvalue weighted by atomic mass is 10.0. The number of benzene rings is 2. The van der Waals surface area contributed by atoms with E-state index in [1.807, 2.05) is 24.3 Å². The molecule has 0 fully saturated rings. The van der Waals surface area contributed by atoms with Gasteiger partial charge >= 0.3 is 0 Å². The molecule has 0 unspecified atom stereocenters. The Morgan fingerprint density at radius 3 is 2.40 bits per heavy atom. The fourth-order valence-electron chi connectivity index (χ4n) is 1.97. The lowest BCUT2D eigenvalue weighted by Crippen LogP contribution is -1.98. The van der Waals surface area contributed by atoms with Gasteiger partial charge in [0.25, 0.3) is 0 Å². The highest BCUT2D eigenvalue weighted by Crippen LogP contribution is 2.25. The molecule has 2 rings (SSSR count). The number of ether oxygens (including phenoxy) is 1. The highest BCUT2D eigenvalue weighted by molar-refractivity contribution is 5.38. The largest absolute Gasteiger partial charge is 0.489 e. The normalized spacial score (nSPS) is 10.3. The van der Waals surface area contributed by atoms with Crippen molar-refractivity contribution in [1.29, 1.82) is 5.26 Å². The third-order valence-electron chi connectivity index (χ3n) is 3.36. The van der Waals surface area contributed by atoms with Crippen LogP contribution in [0.2, 0.25) is 0 Å². The molecule has 0 aliphatic carbocycles. The molecule has 0 atom stereocenters. The van der Waals surface area contributed by atoms with Crippen molar-refractivity contribution in [3.05, 3.63) is 64.7 Å². The van der Waals surface area contributed by atoms with Gasteiger partial charge in [0.1, 0.15) is 12.4 Å². The van der Waals surface area contributed by atoms with Crippen LogP contribution >= 0.6 is 0 Å². The van der Waals surface area contributed by atoms with Crippen LogP contribution in [0.3, 0.4) is 0 Å². The molecule has 0 radical (unpaired) electrons. The zero-order chi connectivity index (χ0) is 14.5. The van der Waals surface area contributed by atoms with Gasteiger partial charge in [0, 0.05) is 0 Å². The Balaban J connectivity index is 2.10. The molecule has 2 aromatic rings. The van der Waals surface area contributed by atoms with Crippen LogP contribution in [0, 0.1) is 18.3 Å². The van der Waals surface area contributed by atoms with E-state index in [1.165, 1.54) is 5.56 Å². The highest BCUT2D eigenvalue weighted by atomic mass is 16.5. The molecule has 102 valence electrons. The van der Waals surface area contributed by atoms with Crippen molar-refractivity contribution in [2.75, 3.05) is 0 Å². The first-order valence-electron chi connectivity index (χ1n) is 6.82. The summed E-state index contributed by atoms with van der Waals surface area (Å²) in [4.78, 5) is 0. The van der Waals surface area contributed by atoms with Gasteiger partial charge in [0.15, 0.2) is 0 Å². The smallest absolute Gasteiger partial charge is 0.122 e. The molecule has 0 aliphatic heterocycles. The zero-order valence-electron chi connectivity index (χ0n) is 12.2. The van der Waals surface area contributed by atoms with Crippen molar-refractivity contribution < 1.29 is 4.74 Å². The van der Waals surface area contributed by atoms with E-state index in [0.717, 1.165) is 16.9 Å². The molecule has 0 amide bonds. The maximum Gasteiger partial charge on any atom is 0.122 e. The second kappa shape index (κ2) is 6.25. The van der Waals surface area contributed by atoms with Crippen LogP contribution in [-0.4, -0.2) is 0 Å². The predicted molar refractivity (Wildman–Crippen MR) is 80.8 cm³/mol. The maximum atomic E-state index is 8.77. The molecule has 0 aromatic heterocycles. The number of nitriles is 1. The van der Waals surface area contributed by atoms with Crippen LogP contribution in [0.5, 0.6) is 5.75 Å². The van der Waals surface area contributed by atoms with E-state index in [-0.39, 0.29) is 0 Å². The molecule has 0 heterocycles. The summed E-state index contributed by atoms with van der Waals surface area (Å²) in [6.07, 6.45) is 0. The first-order chi connectivity index (χ1) is 9.60. The SMILES string of the molecule is Cc1ccc(C(C)C)cc1OCc1ccc(C#N)cc1. The number of aryl methyl sites for hydroxylation is 1. The average molecular weight is 265 g/mol. The lowest BCUT2D eigenvalue weighted by Gasteiger charge is -2.13. The summed E-state index contributed by atoms with van der Waals surface area (Å²) in [7, 11) is 0. The zero-order valence-corrected chi connectivity index (χ0v) is 12.2. The van der Waals surface area contributed by atoms with Gasteiger partial charge in [-0.1, -0.05) is 38.1 Å². The number of hydrogen-bond donors (Lipinski definition) is 0. The van der Waals surface area contributed by atoms with E-state index >= 15 is 0 Å². The van der Waals surface area contributed by atoms with Gasteiger partial charge in [-0.05, 0) is 47.7 Å². The molecule has 0 aliphatic rings. The summed E-state index contributed by atoms with van der Waals surface area (Å²) in [6.45, 7) is 6.93. The molecule has 0 bridgehead atoms. The summed E-state index contributed by atoms with van der Waals surface area (Å²) in [5.74, 6) is 1.42. The van der Waals surface area contributed by atoms with Crippen molar-refractivity contribution in [3.8, 4) is 11.8 Å². The molecule has 0 N–H and O–H groups in total. The van der Waals surface area contributed by atoms with Gasteiger partial charge in [-0.25, -0.2) is 0 Å². The van der Waals surface area contributed by atoms with Crippen LogP contribution in [0.15, 0.2) is 42.5 Å². The standard InChI is InChI=1S/C18H19NO/c1-13(2)17-9-4-14(3)18(10-17)20-12-16-7-5-15(11-19)6-8-16/h4-10,13H,12H2,1-3H3. The third kappa shape index (κ3) is 3.39. The minimum absolute atomic E-state index is 0.493. The Bertz CT molecular complexity index is 621.